The van der Waals surface area contributed by atoms with Crippen LogP contribution < -0.4 is 10.6 Å². The molecule has 0 radical (unpaired) electrons. The molecule has 2 N–H and O–H groups in total. The van der Waals surface area contributed by atoms with E-state index in [2.05, 4.69) is 9.97 Å². The minimum Gasteiger partial charge on any atom is -0.369 e. The molecule has 0 bridgehead atoms. The van der Waals surface area contributed by atoms with E-state index in [1.807, 2.05) is 19.1 Å². The van der Waals surface area contributed by atoms with Crippen LogP contribution in [0.1, 0.15) is 18.4 Å². The first-order valence-electron chi connectivity index (χ1n) is 7.14. The van der Waals surface area contributed by atoms with Crippen molar-refractivity contribution in [3.05, 3.63) is 47.4 Å². The van der Waals surface area contributed by atoms with Gasteiger partial charge in [0, 0.05) is 6.20 Å². The number of rotatable bonds is 4. The molecule has 1 aromatic heterocycles. The van der Waals surface area contributed by atoms with E-state index in [0.717, 1.165) is 5.56 Å². The molecule has 23 heavy (non-hydrogen) atoms. The molecule has 1 aromatic carbocycles. The molecule has 1 saturated carbocycles. The molecule has 118 valence electrons. The molecule has 0 spiro atoms. The van der Waals surface area contributed by atoms with Crippen molar-refractivity contribution in [3.63, 3.8) is 0 Å². The van der Waals surface area contributed by atoms with Crippen molar-refractivity contribution >= 4 is 34.9 Å². The number of benzene rings is 1. The van der Waals surface area contributed by atoms with E-state index in [-0.39, 0.29) is 11.2 Å². The maximum Gasteiger partial charge on any atom is 0.248 e. The molecule has 0 unspecified atom stereocenters. The Morgan fingerprint density at radius 3 is 2.39 bits per heavy atom. The van der Waals surface area contributed by atoms with Gasteiger partial charge in [0.15, 0.2) is 0 Å². The average Bonchev–Trinajstić information content (AvgIpc) is 3.31. The monoisotopic (exact) mass is 330 g/mol. The fourth-order valence-corrected chi connectivity index (χ4v) is 2.55. The first-order valence-corrected chi connectivity index (χ1v) is 7.51. The Hall–Kier alpha value is -2.47. The zero-order valence-corrected chi connectivity index (χ0v) is 13.2. The number of nitrogens with zero attached hydrogens (tertiary/aromatic N) is 3. The molecule has 2 amide bonds. The van der Waals surface area contributed by atoms with Crippen LogP contribution >= 0.6 is 11.6 Å². The smallest absolute Gasteiger partial charge is 0.248 e. The fraction of sp³-hybridized carbons (Fsp3) is 0.250. The van der Waals surface area contributed by atoms with Gasteiger partial charge in [-0.3, -0.25) is 14.5 Å². The second-order valence-electron chi connectivity index (χ2n) is 5.61. The van der Waals surface area contributed by atoms with Gasteiger partial charge in [-0.2, -0.15) is 4.98 Å². The van der Waals surface area contributed by atoms with Gasteiger partial charge in [-0.15, -0.1) is 0 Å². The van der Waals surface area contributed by atoms with E-state index < -0.39 is 11.3 Å². The predicted molar refractivity (Wildman–Crippen MR) is 86.2 cm³/mol. The van der Waals surface area contributed by atoms with Crippen LogP contribution in [-0.4, -0.2) is 21.8 Å². The zero-order chi connectivity index (χ0) is 16.6. The van der Waals surface area contributed by atoms with Gasteiger partial charge in [0.2, 0.25) is 17.1 Å². The number of carbonyl (C=O) groups excluding carboxylic acids is 2. The van der Waals surface area contributed by atoms with Gasteiger partial charge in [-0.05, 0) is 49.6 Å². The molecule has 0 saturated heterocycles. The second-order valence-corrected chi connectivity index (χ2v) is 5.94. The summed E-state index contributed by atoms with van der Waals surface area (Å²) in [5, 5.41) is 0.0244. The van der Waals surface area contributed by atoms with Crippen LogP contribution in [0, 0.1) is 12.3 Å². The lowest BCUT2D eigenvalue weighted by atomic mass is 10.0. The number of halogens is 1. The summed E-state index contributed by atoms with van der Waals surface area (Å²) in [7, 11) is 0. The van der Waals surface area contributed by atoms with Gasteiger partial charge < -0.3 is 5.73 Å². The van der Waals surface area contributed by atoms with E-state index in [9.17, 15) is 9.59 Å². The van der Waals surface area contributed by atoms with Gasteiger partial charge in [0.05, 0.1) is 5.69 Å². The summed E-state index contributed by atoms with van der Waals surface area (Å²) in [5.41, 5.74) is 5.94. The predicted octanol–water partition coefficient (Wildman–Crippen LogP) is 2.37. The highest BCUT2D eigenvalue weighted by Gasteiger charge is 2.57. The minimum absolute atomic E-state index is 0.0244. The third-order valence-electron chi connectivity index (χ3n) is 3.97. The summed E-state index contributed by atoms with van der Waals surface area (Å²) < 4.78 is 0. The van der Waals surface area contributed by atoms with E-state index in [0.29, 0.717) is 24.3 Å². The van der Waals surface area contributed by atoms with Crippen LogP contribution in [0.2, 0.25) is 5.28 Å². The first kappa shape index (κ1) is 15.4. The number of anilines is 2. The van der Waals surface area contributed by atoms with Crippen molar-refractivity contribution in [1.29, 1.82) is 0 Å². The summed E-state index contributed by atoms with van der Waals surface area (Å²) in [6.45, 7) is 1.95. The van der Waals surface area contributed by atoms with E-state index in [1.165, 1.54) is 11.1 Å². The van der Waals surface area contributed by atoms with Gasteiger partial charge in [-0.25, -0.2) is 4.98 Å². The number of aromatic nitrogens is 2. The molecule has 1 aliphatic rings. The van der Waals surface area contributed by atoms with Gasteiger partial charge in [-0.1, -0.05) is 17.7 Å². The zero-order valence-electron chi connectivity index (χ0n) is 12.5. The number of carbonyl (C=O) groups is 2. The van der Waals surface area contributed by atoms with E-state index >= 15 is 0 Å². The second kappa shape index (κ2) is 5.62. The number of primary amides is 1. The molecule has 1 aliphatic carbocycles. The highest BCUT2D eigenvalue weighted by Crippen LogP contribution is 2.48. The molecule has 0 aliphatic heterocycles. The van der Waals surface area contributed by atoms with Gasteiger partial charge >= 0.3 is 0 Å². The molecule has 3 rings (SSSR count). The van der Waals surface area contributed by atoms with E-state index in [4.69, 9.17) is 17.3 Å². The highest BCUT2D eigenvalue weighted by molar-refractivity contribution is 6.28. The lowest BCUT2D eigenvalue weighted by Gasteiger charge is -2.25. The van der Waals surface area contributed by atoms with Gasteiger partial charge in [0.25, 0.3) is 0 Å². The fourth-order valence-electron chi connectivity index (χ4n) is 2.40. The Morgan fingerprint density at radius 1 is 1.22 bits per heavy atom. The quantitative estimate of drug-likeness (QED) is 0.688. The van der Waals surface area contributed by atoms with Crippen molar-refractivity contribution in [2.75, 3.05) is 4.90 Å². The van der Waals surface area contributed by atoms with Crippen molar-refractivity contribution in [3.8, 4) is 0 Å². The normalized spacial score (nSPS) is 15.0. The lowest BCUT2D eigenvalue weighted by molar-refractivity contribution is -0.133. The Morgan fingerprint density at radius 2 is 1.87 bits per heavy atom. The van der Waals surface area contributed by atoms with Crippen molar-refractivity contribution in [2.24, 2.45) is 11.1 Å². The Labute approximate surface area is 138 Å². The lowest BCUT2D eigenvalue weighted by Crippen LogP contribution is -2.41. The molecular weight excluding hydrogens is 316 g/mol. The van der Waals surface area contributed by atoms with Crippen LogP contribution in [0.25, 0.3) is 0 Å². The van der Waals surface area contributed by atoms with Crippen LogP contribution in [0.3, 0.4) is 0 Å². The average molecular weight is 331 g/mol. The van der Waals surface area contributed by atoms with Crippen LogP contribution in [0.4, 0.5) is 11.5 Å². The summed E-state index contributed by atoms with van der Waals surface area (Å²) in [6, 6.07) is 8.91. The third-order valence-corrected chi connectivity index (χ3v) is 4.15. The molecule has 1 fully saturated rings. The van der Waals surface area contributed by atoms with Crippen LogP contribution in [0.5, 0.6) is 0 Å². The molecule has 0 atom stereocenters. The Kier molecular flexibility index (Phi) is 3.77. The van der Waals surface area contributed by atoms with Crippen LogP contribution in [0.15, 0.2) is 36.5 Å². The third kappa shape index (κ3) is 2.77. The first-order chi connectivity index (χ1) is 10.9. The van der Waals surface area contributed by atoms with Crippen molar-refractivity contribution < 1.29 is 9.59 Å². The Balaban J connectivity index is 2.09. The minimum atomic E-state index is -1.15. The Bertz CT molecular complexity index is 772. The number of hydrogen-bond acceptors (Lipinski definition) is 4. The molecule has 6 nitrogen and oxygen atoms in total. The van der Waals surface area contributed by atoms with E-state index in [1.54, 1.807) is 18.2 Å². The maximum absolute atomic E-state index is 13.0. The molecule has 1 heterocycles. The number of hydrogen-bond donors (Lipinski definition) is 1. The summed E-state index contributed by atoms with van der Waals surface area (Å²) >= 11 is 5.85. The molecular formula is C16H15ClN4O2. The topological polar surface area (TPSA) is 89.2 Å². The van der Waals surface area contributed by atoms with Gasteiger partial charge in [0.1, 0.15) is 11.2 Å². The number of amides is 2. The number of aryl methyl sites for hydroxylation is 1. The summed E-state index contributed by atoms with van der Waals surface area (Å²) in [6.07, 6.45) is 2.35. The molecule has 2 aromatic rings. The SMILES string of the molecule is Cc1ccc(N(C(=O)C2(C(N)=O)CC2)c2ccnc(Cl)n2)cc1. The molecule has 7 heteroatoms. The van der Waals surface area contributed by atoms with Crippen molar-refractivity contribution in [2.45, 2.75) is 19.8 Å². The maximum atomic E-state index is 13.0. The summed E-state index contributed by atoms with van der Waals surface area (Å²) in [4.78, 5) is 34.0. The standard InChI is InChI=1S/C16H15ClN4O2/c1-10-2-4-11(5-3-10)21(12-6-9-19-15(17)20-12)14(23)16(7-8-16)13(18)22/h2-6,9H,7-8H2,1H3,(H2,18,22). The highest BCUT2D eigenvalue weighted by atomic mass is 35.5. The van der Waals surface area contributed by atoms with Crippen LogP contribution in [-0.2, 0) is 9.59 Å². The summed E-state index contributed by atoms with van der Waals surface area (Å²) in [5.74, 6) is -0.685. The largest absolute Gasteiger partial charge is 0.369 e. The van der Waals surface area contributed by atoms with Crippen molar-refractivity contribution in [1.82, 2.24) is 9.97 Å². The number of nitrogens with two attached hydrogens (primary N) is 1.